The highest BCUT2D eigenvalue weighted by atomic mass is 19.1. The van der Waals surface area contributed by atoms with Gasteiger partial charge in [0.15, 0.2) is 0 Å². The number of benzene rings is 1. The second kappa shape index (κ2) is 5.79. The van der Waals surface area contributed by atoms with Crippen molar-refractivity contribution in [3.63, 3.8) is 0 Å². The van der Waals surface area contributed by atoms with E-state index in [1.807, 2.05) is 0 Å². The van der Waals surface area contributed by atoms with Gasteiger partial charge in [-0.1, -0.05) is 18.9 Å². The van der Waals surface area contributed by atoms with Crippen LogP contribution in [-0.2, 0) is 21.6 Å². The highest BCUT2D eigenvalue weighted by molar-refractivity contribution is 5.83. The number of carbonyl (C=O) groups is 1. The molecule has 0 heterocycles. The van der Waals surface area contributed by atoms with Crippen LogP contribution in [0.4, 0.5) is 4.39 Å². The number of carboxylic acids is 1. The van der Waals surface area contributed by atoms with Crippen LogP contribution in [0.15, 0.2) is 12.1 Å². The molecule has 1 aliphatic carbocycles. The number of carboxylic acid groups (broad SMARTS) is 1. The molecular formula is C15H19FO4. The molecule has 0 amide bonds. The van der Waals surface area contributed by atoms with Crippen LogP contribution in [0.25, 0.3) is 0 Å². The molecule has 0 radical (unpaired) electrons. The van der Waals surface area contributed by atoms with Crippen LogP contribution in [-0.4, -0.2) is 25.3 Å². The largest absolute Gasteiger partial charge is 0.496 e. The van der Waals surface area contributed by atoms with Gasteiger partial charge in [0.1, 0.15) is 11.6 Å². The molecule has 0 aromatic heterocycles. The number of halogens is 1. The third-order valence-corrected chi connectivity index (χ3v) is 4.05. The Morgan fingerprint density at radius 2 is 2.00 bits per heavy atom. The van der Waals surface area contributed by atoms with E-state index in [0.29, 0.717) is 24.2 Å². The molecule has 1 aliphatic rings. The summed E-state index contributed by atoms with van der Waals surface area (Å²) in [5.74, 6) is -1.20. The lowest BCUT2D eigenvalue weighted by molar-refractivity contribution is -0.143. The maximum Gasteiger partial charge on any atom is 0.314 e. The van der Waals surface area contributed by atoms with Crippen LogP contribution >= 0.6 is 0 Å². The van der Waals surface area contributed by atoms with Crippen LogP contribution in [0.1, 0.15) is 36.8 Å². The minimum atomic E-state index is -1.18. The van der Waals surface area contributed by atoms with Crippen LogP contribution in [0.2, 0.25) is 0 Å². The predicted molar refractivity (Wildman–Crippen MR) is 71.4 cm³/mol. The van der Waals surface area contributed by atoms with E-state index < -0.39 is 17.2 Å². The molecule has 110 valence electrons. The molecule has 5 heteroatoms. The van der Waals surface area contributed by atoms with Crippen molar-refractivity contribution in [3.05, 3.63) is 29.1 Å². The molecule has 1 fully saturated rings. The maximum absolute atomic E-state index is 14.7. The van der Waals surface area contributed by atoms with Gasteiger partial charge in [-0.3, -0.25) is 4.79 Å². The van der Waals surface area contributed by atoms with E-state index in [1.54, 1.807) is 12.1 Å². The number of rotatable bonds is 5. The number of hydrogen-bond acceptors (Lipinski definition) is 3. The summed E-state index contributed by atoms with van der Waals surface area (Å²) < 4.78 is 24.9. The minimum absolute atomic E-state index is 0.110. The second-order valence-electron chi connectivity index (χ2n) is 5.14. The van der Waals surface area contributed by atoms with Gasteiger partial charge in [-0.05, 0) is 18.9 Å². The van der Waals surface area contributed by atoms with Gasteiger partial charge in [0.25, 0.3) is 0 Å². The van der Waals surface area contributed by atoms with Crippen molar-refractivity contribution in [1.29, 1.82) is 0 Å². The van der Waals surface area contributed by atoms with Gasteiger partial charge in [0, 0.05) is 18.2 Å². The van der Waals surface area contributed by atoms with E-state index in [-0.39, 0.29) is 12.2 Å². The van der Waals surface area contributed by atoms with Crippen LogP contribution in [0, 0.1) is 5.82 Å². The third kappa shape index (κ3) is 2.26. The van der Waals surface area contributed by atoms with Gasteiger partial charge < -0.3 is 14.6 Å². The molecule has 1 saturated carbocycles. The van der Waals surface area contributed by atoms with Crippen LogP contribution in [0.5, 0.6) is 5.75 Å². The van der Waals surface area contributed by atoms with Gasteiger partial charge in [0.2, 0.25) is 0 Å². The highest BCUT2D eigenvalue weighted by Crippen LogP contribution is 2.46. The molecular weight excluding hydrogens is 263 g/mol. The normalized spacial score (nSPS) is 17.1. The molecule has 2 rings (SSSR count). The fourth-order valence-electron chi connectivity index (χ4n) is 3.03. The molecule has 0 atom stereocenters. The molecule has 1 N–H and O–H groups in total. The van der Waals surface area contributed by atoms with Gasteiger partial charge in [-0.2, -0.15) is 0 Å². The topological polar surface area (TPSA) is 55.8 Å². The lowest BCUT2D eigenvalue weighted by atomic mass is 9.77. The lowest BCUT2D eigenvalue weighted by Gasteiger charge is -2.27. The van der Waals surface area contributed by atoms with Crippen molar-refractivity contribution in [1.82, 2.24) is 0 Å². The number of aliphatic carboxylic acids is 1. The zero-order chi connectivity index (χ0) is 14.8. The average Bonchev–Trinajstić information content (AvgIpc) is 2.91. The van der Waals surface area contributed by atoms with Crippen molar-refractivity contribution in [2.24, 2.45) is 0 Å². The monoisotopic (exact) mass is 282 g/mol. The molecule has 0 spiro atoms. The molecule has 0 aliphatic heterocycles. The second-order valence-corrected chi connectivity index (χ2v) is 5.14. The zero-order valence-electron chi connectivity index (χ0n) is 11.7. The van der Waals surface area contributed by atoms with E-state index >= 15 is 0 Å². The van der Waals surface area contributed by atoms with E-state index in [1.165, 1.54) is 14.2 Å². The lowest BCUT2D eigenvalue weighted by Crippen LogP contribution is -2.34. The van der Waals surface area contributed by atoms with Crippen LogP contribution in [0.3, 0.4) is 0 Å². The first-order valence-electron chi connectivity index (χ1n) is 6.65. The Bertz CT molecular complexity index is 507. The summed E-state index contributed by atoms with van der Waals surface area (Å²) in [6, 6.07) is 3.20. The SMILES string of the molecule is COCc1ccc(OC)c(C2(C(=O)O)CCCC2)c1F. The van der Waals surface area contributed by atoms with Crippen molar-refractivity contribution in [3.8, 4) is 5.75 Å². The van der Waals surface area contributed by atoms with E-state index in [4.69, 9.17) is 9.47 Å². The van der Waals surface area contributed by atoms with Gasteiger partial charge in [-0.25, -0.2) is 4.39 Å². The number of ether oxygens (including phenoxy) is 2. The number of hydrogen-bond donors (Lipinski definition) is 1. The maximum atomic E-state index is 14.7. The van der Waals surface area contributed by atoms with Gasteiger partial charge >= 0.3 is 5.97 Å². The summed E-state index contributed by atoms with van der Waals surface area (Å²) in [4.78, 5) is 11.8. The van der Waals surface area contributed by atoms with Gasteiger partial charge in [0.05, 0.1) is 19.1 Å². The fraction of sp³-hybridized carbons (Fsp3) is 0.533. The fourth-order valence-corrected chi connectivity index (χ4v) is 3.03. The molecule has 0 bridgehead atoms. The van der Waals surface area contributed by atoms with E-state index in [9.17, 15) is 14.3 Å². The average molecular weight is 282 g/mol. The molecule has 1 aromatic rings. The highest BCUT2D eigenvalue weighted by Gasteiger charge is 2.47. The van der Waals surface area contributed by atoms with Crippen molar-refractivity contribution >= 4 is 5.97 Å². The van der Waals surface area contributed by atoms with Crippen molar-refractivity contribution < 1.29 is 23.8 Å². The zero-order valence-corrected chi connectivity index (χ0v) is 11.7. The minimum Gasteiger partial charge on any atom is -0.496 e. The summed E-state index contributed by atoms with van der Waals surface area (Å²) in [6.45, 7) is 0.110. The third-order valence-electron chi connectivity index (χ3n) is 4.05. The Hall–Kier alpha value is -1.62. The Morgan fingerprint density at radius 3 is 2.50 bits per heavy atom. The first-order valence-corrected chi connectivity index (χ1v) is 6.65. The smallest absolute Gasteiger partial charge is 0.314 e. The molecule has 0 saturated heterocycles. The summed E-state index contributed by atoms with van der Waals surface area (Å²) in [5.41, 5.74) is -0.658. The quantitative estimate of drug-likeness (QED) is 0.902. The van der Waals surface area contributed by atoms with E-state index in [2.05, 4.69) is 0 Å². The Morgan fingerprint density at radius 1 is 1.35 bits per heavy atom. The Kier molecular flexibility index (Phi) is 4.28. The standard InChI is InChI=1S/C15H19FO4/c1-19-9-10-5-6-11(20-2)12(13(10)16)15(14(17)18)7-3-4-8-15/h5-6H,3-4,7-9H2,1-2H3,(H,17,18). The Balaban J connectivity index is 2.63. The first kappa shape index (κ1) is 14.8. The number of methoxy groups -OCH3 is 2. The molecule has 1 aromatic carbocycles. The van der Waals surface area contributed by atoms with Crippen molar-refractivity contribution in [2.75, 3.05) is 14.2 Å². The summed E-state index contributed by atoms with van der Waals surface area (Å²) in [5, 5.41) is 9.63. The van der Waals surface area contributed by atoms with Crippen molar-refractivity contribution in [2.45, 2.75) is 37.7 Å². The predicted octanol–water partition coefficient (Wildman–Crippen LogP) is 2.88. The molecule has 4 nitrogen and oxygen atoms in total. The summed E-state index contributed by atoms with van der Waals surface area (Å²) >= 11 is 0. The summed E-state index contributed by atoms with van der Waals surface area (Å²) in [7, 11) is 2.91. The molecule has 20 heavy (non-hydrogen) atoms. The Labute approximate surface area is 117 Å². The molecule has 0 unspecified atom stereocenters. The summed E-state index contributed by atoms with van der Waals surface area (Å²) in [6.07, 6.45) is 2.44. The first-order chi connectivity index (χ1) is 9.56. The van der Waals surface area contributed by atoms with Gasteiger partial charge in [-0.15, -0.1) is 0 Å². The van der Waals surface area contributed by atoms with Crippen LogP contribution < -0.4 is 4.74 Å². The van der Waals surface area contributed by atoms with E-state index in [0.717, 1.165) is 12.8 Å².